The summed E-state index contributed by atoms with van der Waals surface area (Å²) < 4.78 is 4.72. The minimum absolute atomic E-state index is 0.00885. The molecule has 1 aromatic carbocycles. The van der Waals surface area contributed by atoms with E-state index in [9.17, 15) is 19.2 Å². The molecule has 1 saturated heterocycles. The third kappa shape index (κ3) is 2.26. The van der Waals surface area contributed by atoms with Crippen LogP contribution in [0.4, 0.5) is 0 Å². The molecule has 4 atom stereocenters. The molecule has 1 aromatic rings. The Morgan fingerprint density at radius 3 is 2.32 bits per heavy atom. The van der Waals surface area contributed by atoms with E-state index < -0.39 is 29.2 Å². The van der Waals surface area contributed by atoms with Gasteiger partial charge in [0.1, 0.15) is 12.6 Å². The predicted molar refractivity (Wildman–Crippen MR) is 75.7 cm³/mol. The highest BCUT2D eigenvalue weighted by molar-refractivity contribution is 5.98. The Labute approximate surface area is 127 Å². The molecule has 22 heavy (non-hydrogen) atoms. The Hall–Kier alpha value is -2.30. The summed E-state index contributed by atoms with van der Waals surface area (Å²) in [6.07, 6.45) is 2.08. The number of aldehydes is 2. The summed E-state index contributed by atoms with van der Waals surface area (Å²) in [6.45, 7) is 0. The van der Waals surface area contributed by atoms with Crippen LogP contribution in [0.1, 0.15) is 30.7 Å². The molecule has 1 aliphatic heterocycles. The van der Waals surface area contributed by atoms with Crippen molar-refractivity contribution in [2.75, 3.05) is 0 Å². The zero-order valence-corrected chi connectivity index (χ0v) is 11.9. The number of benzene rings is 1. The van der Waals surface area contributed by atoms with E-state index in [1.54, 1.807) is 0 Å². The van der Waals surface area contributed by atoms with Crippen molar-refractivity contribution in [1.29, 1.82) is 0 Å². The SMILES string of the molecule is O=CC1CC2(CC(=O)OC2=O)CC(c2ccccc2)C1C=O. The zero-order chi connectivity index (χ0) is 15.7. The Balaban J connectivity index is 2.02. The fraction of sp³-hybridized carbons (Fsp3) is 0.412. The standard InChI is InChI=1S/C17H16O5/c18-9-12-6-17(8-15(20)22-16(17)21)7-13(14(12)10-19)11-4-2-1-3-5-11/h1-5,9-10,12-14H,6-8H2. The molecule has 0 N–H and O–H groups in total. The monoisotopic (exact) mass is 300 g/mol. The van der Waals surface area contributed by atoms with Crippen LogP contribution in [0.3, 0.4) is 0 Å². The molecule has 4 unspecified atom stereocenters. The average Bonchev–Trinajstić information content (AvgIpc) is 2.80. The summed E-state index contributed by atoms with van der Waals surface area (Å²) in [5.74, 6) is -2.43. The van der Waals surface area contributed by atoms with Crippen molar-refractivity contribution >= 4 is 24.5 Å². The van der Waals surface area contributed by atoms with E-state index in [0.29, 0.717) is 6.42 Å². The van der Waals surface area contributed by atoms with Crippen LogP contribution in [0.5, 0.6) is 0 Å². The number of carbonyl (C=O) groups is 4. The second kappa shape index (κ2) is 5.48. The lowest BCUT2D eigenvalue weighted by molar-refractivity contribution is -0.157. The maximum absolute atomic E-state index is 12.1. The molecule has 1 aliphatic carbocycles. The highest BCUT2D eigenvalue weighted by atomic mass is 16.6. The van der Waals surface area contributed by atoms with Crippen LogP contribution in [0, 0.1) is 17.3 Å². The van der Waals surface area contributed by atoms with E-state index in [4.69, 9.17) is 4.74 Å². The molecular weight excluding hydrogens is 284 g/mol. The van der Waals surface area contributed by atoms with Crippen LogP contribution in [0.15, 0.2) is 30.3 Å². The minimum Gasteiger partial charge on any atom is -0.393 e. The third-order valence-corrected chi connectivity index (χ3v) is 4.88. The summed E-state index contributed by atoms with van der Waals surface area (Å²) >= 11 is 0. The highest BCUT2D eigenvalue weighted by Gasteiger charge is 2.56. The molecular formula is C17H16O5. The third-order valence-electron chi connectivity index (χ3n) is 4.88. The highest BCUT2D eigenvalue weighted by Crippen LogP contribution is 2.53. The predicted octanol–water partition coefficient (Wildman–Crippen LogP) is 1.65. The van der Waals surface area contributed by atoms with Gasteiger partial charge in [0.05, 0.1) is 11.8 Å². The molecule has 0 aromatic heterocycles. The Morgan fingerprint density at radius 2 is 1.77 bits per heavy atom. The Bertz CT molecular complexity index is 623. The van der Waals surface area contributed by atoms with Crippen molar-refractivity contribution < 1.29 is 23.9 Å². The van der Waals surface area contributed by atoms with Gasteiger partial charge in [0.2, 0.25) is 0 Å². The quantitative estimate of drug-likeness (QED) is 0.482. The maximum atomic E-state index is 12.1. The molecule has 2 fully saturated rings. The van der Waals surface area contributed by atoms with Gasteiger partial charge in [-0.15, -0.1) is 0 Å². The van der Waals surface area contributed by atoms with E-state index >= 15 is 0 Å². The van der Waals surface area contributed by atoms with Gasteiger partial charge in [-0.3, -0.25) is 9.59 Å². The lowest BCUT2D eigenvalue weighted by Gasteiger charge is -2.41. The lowest BCUT2D eigenvalue weighted by Crippen LogP contribution is -2.42. The van der Waals surface area contributed by atoms with Crippen molar-refractivity contribution in [3.63, 3.8) is 0 Å². The largest absolute Gasteiger partial charge is 0.393 e. The van der Waals surface area contributed by atoms with E-state index in [2.05, 4.69) is 0 Å². The van der Waals surface area contributed by atoms with E-state index in [1.165, 1.54) is 0 Å². The van der Waals surface area contributed by atoms with Gasteiger partial charge in [0, 0.05) is 11.8 Å². The molecule has 0 bridgehead atoms. The van der Waals surface area contributed by atoms with Crippen LogP contribution in [0.25, 0.3) is 0 Å². The van der Waals surface area contributed by atoms with E-state index in [-0.39, 0.29) is 18.8 Å². The summed E-state index contributed by atoms with van der Waals surface area (Å²) in [6, 6.07) is 9.33. The molecule has 5 nitrogen and oxygen atoms in total. The molecule has 0 amide bonds. The number of carbonyl (C=O) groups excluding carboxylic acids is 4. The molecule has 3 rings (SSSR count). The first kappa shape index (κ1) is 14.6. The lowest BCUT2D eigenvalue weighted by atomic mass is 9.59. The van der Waals surface area contributed by atoms with Gasteiger partial charge < -0.3 is 14.3 Å². The van der Waals surface area contributed by atoms with Crippen molar-refractivity contribution in [3.8, 4) is 0 Å². The number of ether oxygens (including phenoxy) is 1. The summed E-state index contributed by atoms with van der Waals surface area (Å²) in [4.78, 5) is 46.6. The molecule has 0 radical (unpaired) electrons. The van der Waals surface area contributed by atoms with E-state index in [0.717, 1.165) is 18.1 Å². The summed E-state index contributed by atoms with van der Waals surface area (Å²) in [7, 11) is 0. The van der Waals surface area contributed by atoms with Crippen molar-refractivity contribution in [2.45, 2.75) is 25.2 Å². The van der Waals surface area contributed by atoms with Crippen LogP contribution in [-0.4, -0.2) is 24.5 Å². The Kier molecular flexibility index (Phi) is 3.64. The first-order valence-corrected chi connectivity index (χ1v) is 7.30. The van der Waals surface area contributed by atoms with Crippen LogP contribution >= 0.6 is 0 Å². The van der Waals surface area contributed by atoms with Crippen LogP contribution < -0.4 is 0 Å². The molecule has 1 saturated carbocycles. The summed E-state index contributed by atoms with van der Waals surface area (Å²) in [5, 5.41) is 0. The second-order valence-corrected chi connectivity index (χ2v) is 6.16. The van der Waals surface area contributed by atoms with Crippen LogP contribution in [0.2, 0.25) is 0 Å². The van der Waals surface area contributed by atoms with Crippen molar-refractivity contribution in [2.24, 2.45) is 17.3 Å². The van der Waals surface area contributed by atoms with Crippen molar-refractivity contribution in [3.05, 3.63) is 35.9 Å². The Morgan fingerprint density at radius 1 is 1.05 bits per heavy atom. The normalized spacial score (nSPS) is 34.5. The fourth-order valence-corrected chi connectivity index (χ4v) is 3.81. The van der Waals surface area contributed by atoms with Crippen molar-refractivity contribution in [1.82, 2.24) is 0 Å². The molecule has 2 aliphatic rings. The number of cyclic esters (lactones) is 2. The van der Waals surface area contributed by atoms with E-state index in [1.807, 2.05) is 30.3 Å². The molecule has 1 heterocycles. The van der Waals surface area contributed by atoms with Gasteiger partial charge >= 0.3 is 11.9 Å². The first-order chi connectivity index (χ1) is 10.6. The number of rotatable bonds is 3. The number of hydrogen-bond donors (Lipinski definition) is 0. The van der Waals surface area contributed by atoms with Gasteiger partial charge in [-0.1, -0.05) is 30.3 Å². The first-order valence-electron chi connectivity index (χ1n) is 7.30. The van der Waals surface area contributed by atoms with Gasteiger partial charge in [0.15, 0.2) is 0 Å². The number of esters is 2. The summed E-state index contributed by atoms with van der Waals surface area (Å²) in [5.41, 5.74) is -0.0689. The molecule has 5 heteroatoms. The minimum atomic E-state index is -0.970. The molecule has 114 valence electrons. The maximum Gasteiger partial charge on any atom is 0.320 e. The average molecular weight is 300 g/mol. The van der Waals surface area contributed by atoms with Gasteiger partial charge in [-0.25, -0.2) is 0 Å². The van der Waals surface area contributed by atoms with Gasteiger partial charge in [-0.05, 0) is 24.3 Å². The zero-order valence-electron chi connectivity index (χ0n) is 11.9. The van der Waals surface area contributed by atoms with Gasteiger partial charge in [0.25, 0.3) is 0 Å². The molecule has 1 spiro atoms. The topological polar surface area (TPSA) is 77.5 Å². The second-order valence-electron chi connectivity index (χ2n) is 6.16. The van der Waals surface area contributed by atoms with Crippen LogP contribution in [-0.2, 0) is 23.9 Å². The fourth-order valence-electron chi connectivity index (χ4n) is 3.81. The van der Waals surface area contributed by atoms with Gasteiger partial charge in [-0.2, -0.15) is 0 Å². The smallest absolute Gasteiger partial charge is 0.320 e. The number of hydrogen-bond acceptors (Lipinski definition) is 5.